The molecule has 1 fully saturated rings. The molecular weight excluding hydrogens is 335 g/mol. The summed E-state index contributed by atoms with van der Waals surface area (Å²) in [6.45, 7) is 6.27. The summed E-state index contributed by atoms with van der Waals surface area (Å²) in [6.07, 6.45) is 1.94. The van der Waals surface area contributed by atoms with Gasteiger partial charge in [0.15, 0.2) is 0 Å². The summed E-state index contributed by atoms with van der Waals surface area (Å²) in [4.78, 5) is 26.8. The third-order valence-electron chi connectivity index (χ3n) is 4.47. The number of amides is 2. The van der Waals surface area contributed by atoms with Crippen molar-refractivity contribution < 1.29 is 18.7 Å². The van der Waals surface area contributed by atoms with Gasteiger partial charge in [-0.15, -0.1) is 0 Å². The molecule has 0 bridgehead atoms. The number of morpholine rings is 1. The Kier molecular flexibility index (Phi) is 8.04. The summed E-state index contributed by atoms with van der Waals surface area (Å²) in [6, 6.07) is 6.09. The van der Waals surface area contributed by atoms with E-state index in [0.29, 0.717) is 57.0 Å². The number of carbonyl (C=O) groups excluding carboxylic acids is 2. The van der Waals surface area contributed by atoms with Crippen LogP contribution in [-0.4, -0.2) is 49.1 Å². The van der Waals surface area contributed by atoms with Gasteiger partial charge in [0.1, 0.15) is 11.9 Å². The minimum atomic E-state index is -0.505. The van der Waals surface area contributed by atoms with Crippen LogP contribution >= 0.6 is 0 Å². The van der Waals surface area contributed by atoms with Gasteiger partial charge in [-0.2, -0.15) is 0 Å². The number of carbonyl (C=O) groups is 2. The second-order valence-electron chi connectivity index (χ2n) is 7.13. The molecule has 1 aliphatic rings. The van der Waals surface area contributed by atoms with E-state index in [-0.39, 0.29) is 24.1 Å². The van der Waals surface area contributed by atoms with E-state index in [1.165, 1.54) is 6.07 Å². The van der Waals surface area contributed by atoms with Crippen molar-refractivity contribution in [3.05, 3.63) is 35.6 Å². The van der Waals surface area contributed by atoms with E-state index in [4.69, 9.17) is 4.74 Å². The lowest BCUT2D eigenvalue weighted by molar-refractivity contribution is -0.140. The highest BCUT2D eigenvalue weighted by Gasteiger charge is 2.27. The van der Waals surface area contributed by atoms with E-state index in [1.807, 2.05) is 13.8 Å². The molecule has 6 heteroatoms. The van der Waals surface area contributed by atoms with Crippen LogP contribution in [0.15, 0.2) is 24.3 Å². The van der Waals surface area contributed by atoms with Crippen molar-refractivity contribution in [1.29, 1.82) is 0 Å². The largest absolute Gasteiger partial charge is 0.378 e. The molecule has 0 saturated carbocycles. The molecule has 1 aliphatic heterocycles. The molecular formula is C20H29FN2O3. The monoisotopic (exact) mass is 364 g/mol. The molecule has 2 rings (SSSR count). The Labute approximate surface area is 154 Å². The van der Waals surface area contributed by atoms with Crippen molar-refractivity contribution in [3.8, 4) is 0 Å². The van der Waals surface area contributed by atoms with Gasteiger partial charge in [-0.3, -0.25) is 9.59 Å². The number of ether oxygens (including phenoxy) is 1. The Bertz CT molecular complexity index is 600. The highest BCUT2D eigenvalue weighted by atomic mass is 19.1. The van der Waals surface area contributed by atoms with Crippen LogP contribution in [0.4, 0.5) is 4.39 Å². The summed E-state index contributed by atoms with van der Waals surface area (Å²) in [5.74, 6) is -0.144. The van der Waals surface area contributed by atoms with Gasteiger partial charge in [0.25, 0.3) is 0 Å². The van der Waals surface area contributed by atoms with Gasteiger partial charge in [0, 0.05) is 19.5 Å². The molecule has 26 heavy (non-hydrogen) atoms. The fourth-order valence-corrected chi connectivity index (χ4v) is 3.10. The summed E-state index contributed by atoms with van der Waals surface area (Å²) in [7, 11) is 0. The van der Waals surface area contributed by atoms with Gasteiger partial charge in [0.2, 0.25) is 11.8 Å². The number of rotatable bonds is 8. The first-order valence-electron chi connectivity index (χ1n) is 9.36. The van der Waals surface area contributed by atoms with Crippen molar-refractivity contribution in [1.82, 2.24) is 10.2 Å². The van der Waals surface area contributed by atoms with Crippen LogP contribution in [0.5, 0.6) is 0 Å². The molecule has 144 valence electrons. The third kappa shape index (κ3) is 6.41. The zero-order valence-corrected chi connectivity index (χ0v) is 15.7. The summed E-state index contributed by atoms with van der Waals surface area (Å²) < 4.78 is 18.9. The molecule has 0 aromatic heterocycles. The number of aryl methyl sites for hydroxylation is 1. The average Bonchev–Trinajstić information content (AvgIpc) is 2.62. The Morgan fingerprint density at radius 2 is 1.92 bits per heavy atom. The minimum Gasteiger partial charge on any atom is -0.378 e. The lowest BCUT2D eigenvalue weighted by Crippen LogP contribution is -2.52. The molecule has 1 N–H and O–H groups in total. The number of hydrogen-bond donors (Lipinski definition) is 1. The van der Waals surface area contributed by atoms with Gasteiger partial charge >= 0.3 is 0 Å². The lowest BCUT2D eigenvalue weighted by atomic mass is 10.0. The highest BCUT2D eigenvalue weighted by molar-refractivity contribution is 5.87. The number of halogens is 1. The Balaban J connectivity index is 1.85. The molecule has 1 unspecified atom stereocenters. The molecule has 5 nitrogen and oxygen atoms in total. The first kappa shape index (κ1) is 20.4. The average molecular weight is 364 g/mol. The van der Waals surface area contributed by atoms with Crippen LogP contribution in [0, 0.1) is 11.7 Å². The van der Waals surface area contributed by atoms with Crippen molar-refractivity contribution in [2.45, 2.75) is 45.6 Å². The van der Waals surface area contributed by atoms with Crippen LogP contribution in [0.3, 0.4) is 0 Å². The van der Waals surface area contributed by atoms with E-state index in [0.717, 1.165) is 0 Å². The van der Waals surface area contributed by atoms with Gasteiger partial charge in [0.05, 0.1) is 13.2 Å². The van der Waals surface area contributed by atoms with E-state index in [1.54, 1.807) is 23.1 Å². The van der Waals surface area contributed by atoms with Crippen LogP contribution in [0.1, 0.15) is 38.7 Å². The molecule has 1 aromatic carbocycles. The topological polar surface area (TPSA) is 58.6 Å². The highest BCUT2D eigenvalue weighted by Crippen LogP contribution is 2.12. The fraction of sp³-hybridized carbons (Fsp3) is 0.600. The Morgan fingerprint density at radius 1 is 1.23 bits per heavy atom. The second kappa shape index (κ2) is 10.3. The van der Waals surface area contributed by atoms with Gasteiger partial charge in [-0.1, -0.05) is 32.0 Å². The smallest absolute Gasteiger partial charge is 0.245 e. The molecule has 0 aliphatic carbocycles. The SMILES string of the molecule is CC(C)CC(NC(=O)CCCc1ccccc1F)C(=O)N1CCOCC1. The maximum atomic E-state index is 13.6. The summed E-state index contributed by atoms with van der Waals surface area (Å²) in [5.41, 5.74) is 0.614. The molecule has 0 spiro atoms. The Morgan fingerprint density at radius 3 is 2.58 bits per heavy atom. The van der Waals surface area contributed by atoms with E-state index < -0.39 is 6.04 Å². The first-order chi connectivity index (χ1) is 12.5. The molecule has 0 radical (unpaired) electrons. The van der Waals surface area contributed by atoms with Gasteiger partial charge in [-0.05, 0) is 36.8 Å². The molecule has 1 aromatic rings. The maximum Gasteiger partial charge on any atom is 0.245 e. The van der Waals surface area contributed by atoms with Crippen molar-refractivity contribution in [2.75, 3.05) is 26.3 Å². The zero-order valence-electron chi connectivity index (χ0n) is 15.7. The zero-order chi connectivity index (χ0) is 18.9. The molecule has 1 heterocycles. The maximum absolute atomic E-state index is 13.6. The van der Waals surface area contributed by atoms with Crippen LogP contribution in [-0.2, 0) is 20.7 Å². The van der Waals surface area contributed by atoms with Crippen LogP contribution < -0.4 is 5.32 Å². The molecule has 1 atom stereocenters. The normalized spacial score (nSPS) is 15.8. The number of benzene rings is 1. The van der Waals surface area contributed by atoms with Crippen molar-refractivity contribution in [2.24, 2.45) is 5.92 Å². The molecule has 2 amide bonds. The third-order valence-corrected chi connectivity index (χ3v) is 4.47. The van der Waals surface area contributed by atoms with Crippen LogP contribution in [0.25, 0.3) is 0 Å². The van der Waals surface area contributed by atoms with Gasteiger partial charge in [-0.25, -0.2) is 4.39 Å². The van der Waals surface area contributed by atoms with E-state index in [9.17, 15) is 14.0 Å². The predicted molar refractivity (Wildman–Crippen MR) is 98.1 cm³/mol. The summed E-state index contributed by atoms with van der Waals surface area (Å²) >= 11 is 0. The fourth-order valence-electron chi connectivity index (χ4n) is 3.10. The molecule has 1 saturated heterocycles. The number of nitrogens with one attached hydrogen (secondary N) is 1. The lowest BCUT2D eigenvalue weighted by Gasteiger charge is -2.31. The number of hydrogen-bond acceptors (Lipinski definition) is 3. The van der Waals surface area contributed by atoms with Crippen molar-refractivity contribution >= 4 is 11.8 Å². The Hall–Kier alpha value is -1.95. The van der Waals surface area contributed by atoms with Gasteiger partial charge < -0.3 is 15.0 Å². The van der Waals surface area contributed by atoms with Crippen molar-refractivity contribution in [3.63, 3.8) is 0 Å². The second-order valence-corrected chi connectivity index (χ2v) is 7.13. The predicted octanol–water partition coefficient (Wildman–Crippen LogP) is 2.54. The quantitative estimate of drug-likeness (QED) is 0.771. The first-order valence-corrected chi connectivity index (χ1v) is 9.36. The standard InChI is InChI=1S/C20H29FN2O3/c1-15(2)14-18(20(25)23-10-12-26-13-11-23)22-19(24)9-5-7-16-6-3-4-8-17(16)21/h3-4,6,8,15,18H,5,7,9-14H2,1-2H3,(H,22,24). The van der Waals surface area contributed by atoms with E-state index in [2.05, 4.69) is 5.32 Å². The summed E-state index contributed by atoms with van der Waals surface area (Å²) in [5, 5.41) is 2.88. The number of nitrogens with zero attached hydrogens (tertiary/aromatic N) is 1. The van der Waals surface area contributed by atoms with Crippen LogP contribution in [0.2, 0.25) is 0 Å². The van der Waals surface area contributed by atoms with E-state index >= 15 is 0 Å². The minimum absolute atomic E-state index is 0.0375.